The van der Waals surface area contributed by atoms with Gasteiger partial charge in [-0.05, 0) is 35.7 Å². The van der Waals surface area contributed by atoms with Gasteiger partial charge in [-0.25, -0.2) is 0 Å². The van der Waals surface area contributed by atoms with Crippen molar-refractivity contribution in [3.63, 3.8) is 0 Å². The number of hydrogen-bond donors (Lipinski definition) is 3. The van der Waals surface area contributed by atoms with Crippen LogP contribution in [0.4, 0.5) is 11.4 Å². The number of nitrogens with zero attached hydrogens (tertiary/aromatic N) is 2. The van der Waals surface area contributed by atoms with E-state index < -0.39 is 11.8 Å². The number of anilines is 2. The molecule has 2 aromatic carbocycles. The van der Waals surface area contributed by atoms with Crippen LogP contribution in [0, 0.1) is 0 Å². The highest BCUT2D eigenvalue weighted by atomic mass is 16.2. The number of carbonyl (C=O) groups excluding carboxylic acids is 2. The zero-order chi connectivity index (χ0) is 22.4. The van der Waals surface area contributed by atoms with E-state index in [-0.39, 0.29) is 6.04 Å². The Morgan fingerprint density at radius 1 is 1.03 bits per heavy atom. The van der Waals surface area contributed by atoms with E-state index in [0.717, 1.165) is 30.8 Å². The number of fused-ring (bicyclic) bond motifs is 1. The lowest BCUT2D eigenvalue weighted by Crippen LogP contribution is -3.06. The summed E-state index contributed by atoms with van der Waals surface area (Å²) in [4.78, 5) is 30.2. The molecule has 7 heteroatoms. The second-order valence-corrected chi connectivity index (χ2v) is 8.50. The van der Waals surface area contributed by atoms with E-state index in [9.17, 15) is 9.59 Å². The molecule has 0 fully saturated rings. The molecule has 1 heterocycles. The number of nitrogens with one attached hydrogen (secondary N) is 3. The van der Waals surface area contributed by atoms with Crippen LogP contribution in [0.2, 0.25) is 0 Å². The van der Waals surface area contributed by atoms with E-state index in [2.05, 4.69) is 62.9 Å². The third-order valence-electron chi connectivity index (χ3n) is 5.67. The molecule has 0 radical (unpaired) electrons. The summed E-state index contributed by atoms with van der Waals surface area (Å²) in [6.07, 6.45) is 0.976. The molecule has 0 saturated carbocycles. The smallest absolute Gasteiger partial charge is 0.309 e. The minimum atomic E-state index is -0.587. The monoisotopic (exact) mass is 424 g/mol. The van der Waals surface area contributed by atoms with Gasteiger partial charge in [0.2, 0.25) is 0 Å². The van der Waals surface area contributed by atoms with Crippen molar-refractivity contribution in [2.45, 2.75) is 12.5 Å². The van der Waals surface area contributed by atoms with Crippen LogP contribution in [0.1, 0.15) is 17.2 Å². The first kappa shape index (κ1) is 22.6. The quantitative estimate of drug-likeness (QED) is 0.531. The Bertz CT molecular complexity index is 895. The first-order valence-electron chi connectivity index (χ1n) is 10.8. The highest BCUT2D eigenvalue weighted by Crippen LogP contribution is 2.35. The molecule has 166 valence electrons. The molecule has 2 amide bonds. The molecule has 0 aromatic heterocycles. The fourth-order valence-corrected chi connectivity index (χ4v) is 3.87. The number of quaternary nitrogens is 1. The molecule has 1 aliphatic heterocycles. The van der Waals surface area contributed by atoms with Crippen LogP contribution in [0.15, 0.2) is 48.5 Å². The lowest BCUT2D eigenvalue weighted by atomic mass is 10.0. The topological polar surface area (TPSA) is 69.1 Å². The SMILES string of the molecule is CN(C)c1ccc([C@@H](CNC(=O)C(=O)NCC[NH+](C)C)N2CCc3ccccc32)cc1. The van der Waals surface area contributed by atoms with E-state index in [0.29, 0.717) is 13.1 Å². The average molecular weight is 425 g/mol. The van der Waals surface area contributed by atoms with Crippen molar-refractivity contribution in [2.24, 2.45) is 0 Å². The van der Waals surface area contributed by atoms with Crippen LogP contribution >= 0.6 is 0 Å². The fourth-order valence-electron chi connectivity index (χ4n) is 3.87. The molecular formula is C24H34N5O2+. The first-order chi connectivity index (χ1) is 14.9. The van der Waals surface area contributed by atoms with Gasteiger partial charge in [0.15, 0.2) is 0 Å². The maximum Gasteiger partial charge on any atom is 0.309 e. The van der Waals surface area contributed by atoms with Crippen LogP contribution in [-0.2, 0) is 16.0 Å². The predicted octanol–water partition coefficient (Wildman–Crippen LogP) is 0.233. The van der Waals surface area contributed by atoms with Gasteiger partial charge in [0.1, 0.15) is 0 Å². The lowest BCUT2D eigenvalue weighted by Gasteiger charge is -2.31. The Morgan fingerprint density at radius 3 is 2.39 bits per heavy atom. The summed E-state index contributed by atoms with van der Waals surface area (Å²) in [5.74, 6) is -1.17. The summed E-state index contributed by atoms with van der Waals surface area (Å²) in [5, 5.41) is 5.55. The van der Waals surface area contributed by atoms with Crippen molar-refractivity contribution in [1.29, 1.82) is 0 Å². The minimum absolute atomic E-state index is 0.0529. The number of amides is 2. The van der Waals surface area contributed by atoms with Gasteiger partial charge in [0.25, 0.3) is 0 Å². The van der Waals surface area contributed by atoms with Crippen molar-refractivity contribution in [3.05, 3.63) is 59.7 Å². The molecule has 0 bridgehead atoms. The zero-order valence-electron chi connectivity index (χ0n) is 18.9. The highest BCUT2D eigenvalue weighted by molar-refractivity contribution is 6.35. The number of benzene rings is 2. The third kappa shape index (κ3) is 5.76. The Morgan fingerprint density at radius 2 is 1.71 bits per heavy atom. The Labute approximate surface area is 185 Å². The number of para-hydroxylation sites is 1. The Balaban J connectivity index is 1.74. The average Bonchev–Trinajstić information content (AvgIpc) is 3.18. The van der Waals surface area contributed by atoms with Gasteiger partial charge in [0.05, 0.1) is 33.2 Å². The zero-order valence-corrected chi connectivity index (χ0v) is 18.9. The molecule has 2 aromatic rings. The van der Waals surface area contributed by atoms with Crippen LogP contribution < -0.4 is 25.3 Å². The van der Waals surface area contributed by atoms with Crippen LogP contribution in [0.5, 0.6) is 0 Å². The number of likely N-dealkylation sites (N-methyl/N-ethyl adjacent to an activating group) is 1. The highest BCUT2D eigenvalue weighted by Gasteiger charge is 2.28. The van der Waals surface area contributed by atoms with Gasteiger partial charge in [-0.1, -0.05) is 30.3 Å². The first-order valence-corrected chi connectivity index (χ1v) is 10.8. The molecule has 1 aliphatic rings. The Kier molecular flexibility index (Phi) is 7.52. The number of hydrogen-bond acceptors (Lipinski definition) is 4. The molecular weight excluding hydrogens is 390 g/mol. The van der Waals surface area contributed by atoms with Gasteiger partial charge in [0, 0.05) is 38.6 Å². The molecule has 0 spiro atoms. The fraction of sp³-hybridized carbons (Fsp3) is 0.417. The van der Waals surface area contributed by atoms with E-state index in [1.165, 1.54) is 16.2 Å². The van der Waals surface area contributed by atoms with Crippen molar-refractivity contribution < 1.29 is 14.5 Å². The summed E-state index contributed by atoms with van der Waals surface area (Å²) in [6.45, 7) is 2.49. The molecule has 0 aliphatic carbocycles. The van der Waals surface area contributed by atoms with Crippen LogP contribution in [-0.4, -0.2) is 66.2 Å². The molecule has 0 unspecified atom stereocenters. The molecule has 7 nitrogen and oxygen atoms in total. The summed E-state index contributed by atoms with van der Waals surface area (Å²) in [6, 6.07) is 16.7. The van der Waals surface area contributed by atoms with E-state index in [1.807, 2.05) is 34.3 Å². The number of carbonyl (C=O) groups is 2. The van der Waals surface area contributed by atoms with Crippen molar-refractivity contribution in [3.8, 4) is 0 Å². The summed E-state index contributed by atoms with van der Waals surface area (Å²) in [7, 11) is 8.04. The van der Waals surface area contributed by atoms with Crippen molar-refractivity contribution >= 4 is 23.2 Å². The van der Waals surface area contributed by atoms with Gasteiger partial charge >= 0.3 is 11.8 Å². The maximum atomic E-state index is 12.4. The van der Waals surface area contributed by atoms with E-state index in [1.54, 1.807) is 0 Å². The van der Waals surface area contributed by atoms with Crippen LogP contribution in [0.3, 0.4) is 0 Å². The molecule has 31 heavy (non-hydrogen) atoms. The summed E-state index contributed by atoms with van der Waals surface area (Å²) in [5.41, 5.74) is 4.74. The normalized spacial score (nSPS) is 13.6. The summed E-state index contributed by atoms with van der Waals surface area (Å²) < 4.78 is 0. The lowest BCUT2D eigenvalue weighted by molar-refractivity contribution is -0.856. The van der Waals surface area contributed by atoms with Crippen LogP contribution in [0.25, 0.3) is 0 Å². The standard InChI is InChI=1S/C24H33N5O2/c1-27(2)16-14-25-23(30)24(31)26-17-22(19-9-11-20(12-10-19)28(3)4)29-15-13-18-7-5-6-8-21(18)29/h5-12,22H,13-17H2,1-4H3,(H,25,30)(H,26,31)/p+1/t22-/m1/s1. The van der Waals surface area contributed by atoms with Gasteiger partial charge in [-0.3, -0.25) is 9.59 Å². The second-order valence-electron chi connectivity index (χ2n) is 8.50. The molecule has 3 N–H and O–H groups in total. The van der Waals surface area contributed by atoms with Crippen molar-refractivity contribution in [2.75, 3.05) is 64.2 Å². The minimum Gasteiger partial charge on any atom is -0.378 e. The molecule has 3 rings (SSSR count). The predicted molar refractivity (Wildman–Crippen MR) is 125 cm³/mol. The largest absolute Gasteiger partial charge is 0.378 e. The molecule has 1 atom stereocenters. The van der Waals surface area contributed by atoms with E-state index in [4.69, 9.17) is 0 Å². The van der Waals surface area contributed by atoms with Gasteiger partial charge in [-0.2, -0.15) is 0 Å². The number of rotatable bonds is 8. The summed E-state index contributed by atoms with van der Waals surface area (Å²) >= 11 is 0. The van der Waals surface area contributed by atoms with Gasteiger partial charge < -0.3 is 25.3 Å². The second kappa shape index (κ2) is 10.3. The maximum absolute atomic E-state index is 12.4. The van der Waals surface area contributed by atoms with Crippen molar-refractivity contribution in [1.82, 2.24) is 10.6 Å². The third-order valence-corrected chi connectivity index (χ3v) is 5.67. The van der Waals surface area contributed by atoms with Gasteiger partial charge in [-0.15, -0.1) is 0 Å². The molecule has 0 saturated heterocycles. The van der Waals surface area contributed by atoms with E-state index >= 15 is 0 Å². The Hall–Kier alpha value is -3.06.